The van der Waals surface area contributed by atoms with Crippen molar-refractivity contribution >= 4 is 12.4 Å². The van der Waals surface area contributed by atoms with Crippen LogP contribution in [-0.4, -0.2) is 6.54 Å². The fourth-order valence-corrected chi connectivity index (χ4v) is 0. The third-order valence-corrected chi connectivity index (χ3v) is 0.167. The second-order valence-corrected chi connectivity index (χ2v) is 0.524. The molecule has 2 N–H and O–H groups in total. The maximum absolute atomic E-state index is 4.91. The van der Waals surface area contributed by atoms with Gasteiger partial charge < -0.3 is 5.73 Å². The van der Waals surface area contributed by atoms with Gasteiger partial charge in [-0.3, -0.25) is 0 Å². The van der Waals surface area contributed by atoms with Crippen LogP contribution < -0.4 is 5.73 Å². The van der Waals surface area contributed by atoms with Crippen molar-refractivity contribution < 1.29 is 0 Å². The fraction of sp³-hybridized carbons (Fsp3) is 0.333. The Morgan fingerprint density at radius 3 is 2.00 bits per heavy atom. The first-order valence-electron chi connectivity index (χ1n) is 1.22. The van der Waals surface area contributed by atoms with Crippen LogP contribution >= 0.6 is 12.4 Å². The monoisotopic (exact) mass is 93.0 g/mol. The van der Waals surface area contributed by atoms with E-state index in [1.54, 1.807) is 6.08 Å². The highest BCUT2D eigenvalue weighted by molar-refractivity contribution is 5.85. The third kappa shape index (κ3) is 16.1. The van der Waals surface area contributed by atoms with Crippen LogP contribution in [0.3, 0.4) is 0 Å². The maximum atomic E-state index is 4.91. The van der Waals surface area contributed by atoms with Crippen LogP contribution in [0.4, 0.5) is 0 Å². The van der Waals surface area contributed by atoms with Crippen LogP contribution in [-0.2, 0) is 0 Å². The van der Waals surface area contributed by atoms with Gasteiger partial charge in [-0.05, 0) is 0 Å². The zero-order valence-corrected chi connectivity index (χ0v) is 3.79. The molecule has 0 saturated heterocycles. The van der Waals surface area contributed by atoms with E-state index in [4.69, 9.17) is 5.73 Å². The average molecular weight is 93.6 g/mol. The van der Waals surface area contributed by atoms with Gasteiger partial charge in [0.05, 0.1) is 0 Å². The lowest BCUT2D eigenvalue weighted by Crippen LogP contribution is -1.90. The summed E-state index contributed by atoms with van der Waals surface area (Å²) in [5, 5.41) is 0. The Morgan fingerprint density at radius 1 is 1.80 bits per heavy atom. The fourth-order valence-electron chi connectivity index (χ4n) is 0. The van der Waals surface area contributed by atoms with Crippen molar-refractivity contribution in [2.75, 3.05) is 6.54 Å². The molecule has 2 heteroatoms. The van der Waals surface area contributed by atoms with Gasteiger partial charge in [-0.15, -0.1) is 19.0 Å². The van der Waals surface area contributed by atoms with E-state index in [1.807, 2.05) is 0 Å². The predicted octanol–water partition coefficient (Wildman–Crippen LogP) is 0.553. The van der Waals surface area contributed by atoms with E-state index in [-0.39, 0.29) is 12.4 Å². The first-order valence-corrected chi connectivity index (χ1v) is 1.22. The molecule has 0 radical (unpaired) electrons. The molecule has 0 heterocycles. The summed E-state index contributed by atoms with van der Waals surface area (Å²) < 4.78 is 0. The third-order valence-electron chi connectivity index (χ3n) is 0.167. The van der Waals surface area contributed by atoms with Gasteiger partial charge in [0.2, 0.25) is 0 Å². The van der Waals surface area contributed by atoms with Crippen LogP contribution in [0, 0.1) is 0 Å². The maximum Gasteiger partial charge on any atom is 0.0104 e. The molecule has 5 heavy (non-hydrogen) atoms. The molecule has 0 bridgehead atoms. The zero-order valence-electron chi connectivity index (χ0n) is 2.98. The van der Waals surface area contributed by atoms with E-state index in [2.05, 4.69) is 6.58 Å². The van der Waals surface area contributed by atoms with E-state index in [0.29, 0.717) is 6.54 Å². The zero-order chi connectivity index (χ0) is 3.41. The Balaban J connectivity index is 0. The Morgan fingerprint density at radius 2 is 2.00 bits per heavy atom. The first kappa shape index (κ1) is 8.89. The van der Waals surface area contributed by atoms with E-state index < -0.39 is 0 Å². The highest BCUT2D eigenvalue weighted by Crippen LogP contribution is 1.40. The van der Waals surface area contributed by atoms with E-state index in [9.17, 15) is 0 Å². The molecule has 0 saturated carbocycles. The van der Waals surface area contributed by atoms with Crippen LogP contribution in [0.15, 0.2) is 12.7 Å². The number of nitrogens with two attached hydrogens (primary N) is 1. The second kappa shape index (κ2) is 9.01. The Labute approximate surface area is 38.3 Å². The lowest BCUT2D eigenvalue weighted by Gasteiger charge is -1.61. The molecule has 0 aliphatic rings. The van der Waals surface area contributed by atoms with Gasteiger partial charge in [-0.25, -0.2) is 0 Å². The molecular weight excluding hydrogens is 85.5 g/mol. The van der Waals surface area contributed by atoms with Crippen molar-refractivity contribution in [1.29, 1.82) is 0 Å². The summed E-state index contributed by atoms with van der Waals surface area (Å²) in [5.74, 6) is 0. The van der Waals surface area contributed by atoms with E-state index in [0.717, 1.165) is 0 Å². The topological polar surface area (TPSA) is 26.0 Å². The number of halogens is 1. The van der Waals surface area contributed by atoms with Crippen molar-refractivity contribution in [3.8, 4) is 0 Å². The predicted molar refractivity (Wildman–Crippen MR) is 26.5 cm³/mol. The van der Waals surface area contributed by atoms with Gasteiger partial charge in [0.1, 0.15) is 0 Å². The Kier molecular flexibility index (Phi) is 16.0. The van der Waals surface area contributed by atoms with Crippen LogP contribution in [0.5, 0.6) is 0 Å². The molecule has 32 valence electrons. The number of hydrogen-bond donors (Lipinski definition) is 1. The summed E-state index contributed by atoms with van der Waals surface area (Å²) in [7, 11) is 0. The first-order chi connectivity index (χ1) is 1.91. The minimum absolute atomic E-state index is 0. The summed E-state index contributed by atoms with van der Waals surface area (Å²) in [4.78, 5) is 0. The summed E-state index contributed by atoms with van der Waals surface area (Å²) in [6.45, 7) is 3.94. The molecule has 0 unspecified atom stereocenters. The lowest BCUT2D eigenvalue weighted by molar-refractivity contribution is 1.26. The van der Waals surface area contributed by atoms with Gasteiger partial charge in [-0.1, -0.05) is 6.08 Å². The van der Waals surface area contributed by atoms with Crippen molar-refractivity contribution in [2.45, 2.75) is 0 Å². The van der Waals surface area contributed by atoms with Crippen molar-refractivity contribution in [3.63, 3.8) is 0 Å². The van der Waals surface area contributed by atoms with Crippen molar-refractivity contribution in [3.05, 3.63) is 12.7 Å². The summed E-state index contributed by atoms with van der Waals surface area (Å²) in [6, 6.07) is 0. The highest BCUT2D eigenvalue weighted by atomic mass is 35.5. The van der Waals surface area contributed by atoms with Gasteiger partial charge in [0.15, 0.2) is 0 Å². The highest BCUT2D eigenvalue weighted by Gasteiger charge is 1.43. The molecule has 0 spiro atoms. The van der Waals surface area contributed by atoms with Crippen LogP contribution in [0.1, 0.15) is 0 Å². The summed E-state index contributed by atoms with van der Waals surface area (Å²) >= 11 is 0. The molecule has 0 fully saturated rings. The van der Waals surface area contributed by atoms with Gasteiger partial charge in [0.25, 0.3) is 0 Å². The molecule has 0 aliphatic heterocycles. The van der Waals surface area contributed by atoms with E-state index in [1.165, 1.54) is 0 Å². The normalized spacial score (nSPS) is 5.00. The number of rotatable bonds is 1. The molecule has 0 aromatic heterocycles. The molecule has 0 atom stereocenters. The van der Waals surface area contributed by atoms with Crippen molar-refractivity contribution in [2.24, 2.45) is 5.73 Å². The molecular formula is C3H8ClN. The standard InChI is InChI=1S/C3H7N.ClH/c1-2-3-4;/h2H,1,3-4H2;1H. The SMILES string of the molecule is C=CCN.Cl. The minimum atomic E-state index is 0. The average Bonchev–Trinajstić information content (AvgIpc) is 1.37. The summed E-state index contributed by atoms with van der Waals surface area (Å²) in [6.07, 6.45) is 1.65. The Hall–Kier alpha value is -0.0100. The van der Waals surface area contributed by atoms with Crippen LogP contribution in [0.2, 0.25) is 0 Å². The Bertz CT molecular complexity index is 20.9. The van der Waals surface area contributed by atoms with Crippen LogP contribution in [0.25, 0.3) is 0 Å². The number of hydrogen-bond acceptors (Lipinski definition) is 1. The molecule has 0 aromatic carbocycles. The van der Waals surface area contributed by atoms with Crippen molar-refractivity contribution in [1.82, 2.24) is 0 Å². The molecule has 1 nitrogen and oxygen atoms in total. The smallest absolute Gasteiger partial charge is 0.0104 e. The summed E-state index contributed by atoms with van der Waals surface area (Å²) in [5.41, 5.74) is 4.91. The quantitative estimate of drug-likeness (QED) is 0.471. The molecule has 0 rings (SSSR count). The lowest BCUT2D eigenvalue weighted by atomic mass is 10.7. The van der Waals surface area contributed by atoms with Gasteiger partial charge in [-0.2, -0.15) is 0 Å². The van der Waals surface area contributed by atoms with Gasteiger partial charge in [0, 0.05) is 6.54 Å². The minimum Gasteiger partial charge on any atom is -0.327 e. The molecule has 0 amide bonds. The molecule has 0 aromatic rings. The largest absolute Gasteiger partial charge is 0.327 e. The molecule has 0 aliphatic carbocycles. The van der Waals surface area contributed by atoms with E-state index >= 15 is 0 Å². The van der Waals surface area contributed by atoms with Gasteiger partial charge >= 0.3 is 0 Å². The second-order valence-electron chi connectivity index (χ2n) is 0.524.